The third-order valence-corrected chi connectivity index (χ3v) is 3.46. The lowest BCUT2D eigenvalue weighted by molar-refractivity contribution is 0.0783. The van der Waals surface area contributed by atoms with Crippen LogP contribution in [-0.2, 0) is 6.54 Å². The summed E-state index contributed by atoms with van der Waals surface area (Å²) in [6.07, 6.45) is 1.27. The average Bonchev–Trinajstić information content (AvgIpc) is 2.46. The van der Waals surface area contributed by atoms with E-state index in [4.69, 9.17) is 4.74 Å². The third kappa shape index (κ3) is 3.78. The summed E-state index contributed by atoms with van der Waals surface area (Å²) in [5.41, 5.74) is 1.12. The van der Waals surface area contributed by atoms with Gasteiger partial charge in [-0.2, -0.15) is 4.39 Å². The Labute approximate surface area is 130 Å². The van der Waals surface area contributed by atoms with Gasteiger partial charge in [-0.15, -0.1) is 0 Å². The van der Waals surface area contributed by atoms with Crippen LogP contribution >= 0.6 is 15.9 Å². The van der Waals surface area contributed by atoms with Crippen LogP contribution in [0.2, 0.25) is 0 Å². The number of hydrogen-bond acceptors (Lipinski definition) is 3. The minimum atomic E-state index is -0.672. The van der Waals surface area contributed by atoms with Gasteiger partial charge in [-0.05, 0) is 24.3 Å². The first-order valence-electron chi connectivity index (χ1n) is 6.20. The van der Waals surface area contributed by atoms with Crippen LogP contribution in [0.1, 0.15) is 15.9 Å². The molecule has 110 valence electrons. The molecule has 1 aromatic carbocycles. The van der Waals surface area contributed by atoms with Gasteiger partial charge in [0.15, 0.2) is 0 Å². The Bertz CT molecular complexity index is 664. The predicted molar refractivity (Wildman–Crippen MR) is 80.7 cm³/mol. The van der Waals surface area contributed by atoms with Gasteiger partial charge in [0.2, 0.25) is 5.95 Å². The maximum atomic E-state index is 13.1. The second-order valence-electron chi connectivity index (χ2n) is 4.48. The zero-order valence-corrected chi connectivity index (χ0v) is 13.2. The minimum absolute atomic E-state index is 0.263. The second kappa shape index (κ2) is 6.67. The van der Waals surface area contributed by atoms with E-state index in [1.54, 1.807) is 14.2 Å². The number of hydrogen-bond donors (Lipinski definition) is 0. The lowest BCUT2D eigenvalue weighted by Gasteiger charge is -2.19. The lowest BCUT2D eigenvalue weighted by Crippen LogP contribution is -2.26. The van der Waals surface area contributed by atoms with Crippen LogP contribution in [-0.4, -0.2) is 29.9 Å². The molecule has 2 aromatic rings. The van der Waals surface area contributed by atoms with E-state index in [0.717, 1.165) is 16.1 Å². The van der Waals surface area contributed by atoms with Gasteiger partial charge in [-0.3, -0.25) is 4.79 Å². The Morgan fingerprint density at radius 1 is 1.38 bits per heavy atom. The largest absolute Gasteiger partial charge is 0.496 e. The van der Waals surface area contributed by atoms with Gasteiger partial charge in [0.25, 0.3) is 5.91 Å². The lowest BCUT2D eigenvalue weighted by atomic mass is 10.1. The van der Waals surface area contributed by atoms with Crippen molar-refractivity contribution in [3.8, 4) is 5.75 Å². The van der Waals surface area contributed by atoms with E-state index in [1.807, 2.05) is 18.2 Å². The van der Waals surface area contributed by atoms with Crippen LogP contribution in [0.4, 0.5) is 4.39 Å². The summed E-state index contributed by atoms with van der Waals surface area (Å²) in [4.78, 5) is 17.2. The van der Waals surface area contributed by atoms with Crippen LogP contribution in [0.3, 0.4) is 0 Å². The molecule has 0 aliphatic heterocycles. The Morgan fingerprint density at radius 2 is 2.14 bits per heavy atom. The second-order valence-corrected chi connectivity index (χ2v) is 5.40. The number of rotatable bonds is 4. The molecule has 0 aliphatic rings. The molecule has 4 nitrogen and oxygen atoms in total. The first kappa shape index (κ1) is 15.4. The van der Waals surface area contributed by atoms with Crippen molar-refractivity contribution < 1.29 is 13.9 Å². The fourth-order valence-corrected chi connectivity index (χ4v) is 2.36. The number of carbonyl (C=O) groups is 1. The highest BCUT2D eigenvalue weighted by Crippen LogP contribution is 2.24. The highest BCUT2D eigenvalue weighted by atomic mass is 79.9. The Balaban J connectivity index is 2.19. The van der Waals surface area contributed by atoms with E-state index in [1.165, 1.54) is 17.2 Å². The molecular formula is C15H14BrFN2O2. The van der Waals surface area contributed by atoms with Crippen LogP contribution in [0, 0.1) is 5.95 Å². The molecule has 0 N–H and O–H groups in total. The molecule has 0 atom stereocenters. The van der Waals surface area contributed by atoms with Gasteiger partial charge in [0, 0.05) is 41.5 Å². The summed E-state index contributed by atoms with van der Waals surface area (Å²) in [5, 5.41) is 0. The molecule has 21 heavy (non-hydrogen) atoms. The fourth-order valence-electron chi connectivity index (χ4n) is 1.95. The molecular weight excluding hydrogens is 339 g/mol. The van der Waals surface area contributed by atoms with Crippen LogP contribution in [0.25, 0.3) is 0 Å². The van der Waals surface area contributed by atoms with Crippen molar-refractivity contribution in [2.45, 2.75) is 6.54 Å². The number of ether oxygens (including phenoxy) is 1. The van der Waals surface area contributed by atoms with Crippen molar-refractivity contribution in [1.82, 2.24) is 9.88 Å². The van der Waals surface area contributed by atoms with Crippen molar-refractivity contribution in [3.63, 3.8) is 0 Å². The van der Waals surface area contributed by atoms with Crippen molar-refractivity contribution in [1.29, 1.82) is 0 Å². The Hall–Kier alpha value is -1.95. The number of benzene rings is 1. The number of nitrogens with zero attached hydrogens (tertiary/aromatic N) is 2. The van der Waals surface area contributed by atoms with Gasteiger partial charge in [0.05, 0.1) is 7.11 Å². The first-order valence-corrected chi connectivity index (χ1v) is 7.00. The monoisotopic (exact) mass is 352 g/mol. The van der Waals surface area contributed by atoms with Crippen LogP contribution in [0.15, 0.2) is 41.0 Å². The van der Waals surface area contributed by atoms with E-state index in [-0.39, 0.29) is 11.5 Å². The van der Waals surface area contributed by atoms with Crippen LogP contribution in [0.5, 0.6) is 5.75 Å². The summed E-state index contributed by atoms with van der Waals surface area (Å²) in [6, 6.07) is 8.18. The van der Waals surface area contributed by atoms with Crippen molar-refractivity contribution in [2.24, 2.45) is 0 Å². The number of halogens is 2. The number of aromatic nitrogens is 1. The summed E-state index contributed by atoms with van der Waals surface area (Å²) in [7, 11) is 3.23. The van der Waals surface area contributed by atoms with E-state index in [0.29, 0.717) is 12.3 Å². The van der Waals surface area contributed by atoms with E-state index in [9.17, 15) is 9.18 Å². The van der Waals surface area contributed by atoms with Gasteiger partial charge >= 0.3 is 0 Å². The summed E-state index contributed by atoms with van der Waals surface area (Å²) < 4.78 is 19.3. The number of methoxy groups -OCH3 is 1. The molecule has 0 aliphatic carbocycles. The zero-order chi connectivity index (χ0) is 15.4. The standard InChI is InChI=1S/C15H14BrFN2O2/c1-19(15(20)10-5-6-18-14(17)8-10)9-11-7-12(16)3-4-13(11)21-2/h3-8H,9H2,1-2H3. The molecule has 1 heterocycles. The maximum Gasteiger partial charge on any atom is 0.254 e. The fraction of sp³-hybridized carbons (Fsp3) is 0.200. The summed E-state index contributed by atoms with van der Waals surface area (Å²) in [6.45, 7) is 0.353. The number of carbonyl (C=O) groups excluding carboxylic acids is 1. The summed E-state index contributed by atoms with van der Waals surface area (Å²) in [5.74, 6) is -0.258. The molecule has 0 fully saturated rings. The van der Waals surface area contributed by atoms with E-state index >= 15 is 0 Å². The predicted octanol–water partition coefficient (Wildman–Crippen LogP) is 3.26. The van der Waals surface area contributed by atoms with Crippen molar-refractivity contribution in [3.05, 3.63) is 58.1 Å². The highest BCUT2D eigenvalue weighted by Gasteiger charge is 2.15. The molecule has 0 unspecified atom stereocenters. The van der Waals surface area contributed by atoms with Gasteiger partial charge < -0.3 is 9.64 Å². The molecule has 1 amide bonds. The van der Waals surface area contributed by atoms with E-state index in [2.05, 4.69) is 20.9 Å². The molecule has 1 aromatic heterocycles. The van der Waals surface area contributed by atoms with Gasteiger partial charge in [0.1, 0.15) is 5.75 Å². The third-order valence-electron chi connectivity index (χ3n) is 2.97. The molecule has 2 rings (SSSR count). The Morgan fingerprint density at radius 3 is 2.81 bits per heavy atom. The average molecular weight is 353 g/mol. The van der Waals surface area contributed by atoms with Gasteiger partial charge in [-0.25, -0.2) is 4.98 Å². The SMILES string of the molecule is COc1ccc(Br)cc1CN(C)C(=O)c1ccnc(F)c1. The normalized spacial score (nSPS) is 10.3. The number of pyridine rings is 1. The Kier molecular flexibility index (Phi) is 4.90. The quantitative estimate of drug-likeness (QED) is 0.793. The zero-order valence-electron chi connectivity index (χ0n) is 11.6. The molecule has 0 bridgehead atoms. The van der Waals surface area contributed by atoms with Gasteiger partial charge in [-0.1, -0.05) is 15.9 Å². The maximum absolute atomic E-state index is 13.1. The number of amides is 1. The van der Waals surface area contributed by atoms with Crippen molar-refractivity contribution >= 4 is 21.8 Å². The molecule has 0 spiro atoms. The molecule has 6 heteroatoms. The smallest absolute Gasteiger partial charge is 0.254 e. The molecule has 0 radical (unpaired) electrons. The van der Waals surface area contributed by atoms with Crippen LogP contribution < -0.4 is 4.74 Å². The van der Waals surface area contributed by atoms with E-state index < -0.39 is 5.95 Å². The summed E-state index contributed by atoms with van der Waals surface area (Å²) >= 11 is 3.39. The van der Waals surface area contributed by atoms with Crippen molar-refractivity contribution in [2.75, 3.05) is 14.2 Å². The molecule has 0 saturated carbocycles. The minimum Gasteiger partial charge on any atom is -0.496 e. The highest BCUT2D eigenvalue weighted by molar-refractivity contribution is 9.10. The topological polar surface area (TPSA) is 42.4 Å². The molecule has 0 saturated heterocycles. The first-order chi connectivity index (χ1) is 10.0.